The van der Waals surface area contributed by atoms with Gasteiger partial charge in [-0.1, -0.05) is 15.9 Å². The first kappa shape index (κ1) is 19.8. The van der Waals surface area contributed by atoms with Gasteiger partial charge in [0.15, 0.2) is 6.10 Å². The fraction of sp³-hybridized carbons (Fsp3) is 0.143. The summed E-state index contributed by atoms with van der Waals surface area (Å²) in [4.78, 5) is 20.4. The summed E-state index contributed by atoms with van der Waals surface area (Å²) in [5, 5.41) is 8.36. The van der Waals surface area contributed by atoms with Crippen molar-refractivity contribution in [3.63, 3.8) is 0 Å². The van der Waals surface area contributed by atoms with Crippen LogP contribution in [0.2, 0.25) is 0 Å². The molecule has 3 N–H and O–H groups in total. The normalized spacial score (nSPS) is 12.0. The second-order valence-electron chi connectivity index (χ2n) is 6.83. The van der Waals surface area contributed by atoms with Gasteiger partial charge in [-0.05, 0) is 42.8 Å². The van der Waals surface area contributed by atoms with Crippen LogP contribution in [0.25, 0.3) is 22.0 Å². The first-order valence-corrected chi connectivity index (χ1v) is 9.96. The number of aryl methyl sites for hydroxylation is 1. The number of anilines is 2. The van der Waals surface area contributed by atoms with Gasteiger partial charge in [0.05, 0.1) is 11.7 Å². The Morgan fingerprint density at radius 1 is 1.20 bits per heavy atom. The molecule has 0 bridgehead atoms. The fourth-order valence-corrected chi connectivity index (χ4v) is 3.31. The van der Waals surface area contributed by atoms with Gasteiger partial charge in [0.2, 0.25) is 5.95 Å². The van der Waals surface area contributed by atoms with E-state index in [4.69, 9.17) is 10.5 Å². The maximum atomic E-state index is 11.4. The van der Waals surface area contributed by atoms with E-state index in [2.05, 4.69) is 36.3 Å². The van der Waals surface area contributed by atoms with Crippen molar-refractivity contribution in [3.05, 3.63) is 59.5 Å². The van der Waals surface area contributed by atoms with Gasteiger partial charge in [0, 0.05) is 46.6 Å². The Morgan fingerprint density at radius 3 is 2.77 bits per heavy atom. The monoisotopic (exact) mass is 466 g/mol. The van der Waals surface area contributed by atoms with E-state index >= 15 is 0 Å². The Morgan fingerprint density at radius 2 is 2.03 bits per heavy atom. The molecule has 2 heterocycles. The highest BCUT2D eigenvalue weighted by Gasteiger charge is 2.13. The van der Waals surface area contributed by atoms with Crippen LogP contribution in [0.4, 0.5) is 11.6 Å². The lowest BCUT2D eigenvalue weighted by Gasteiger charge is -2.14. The summed E-state index contributed by atoms with van der Waals surface area (Å²) in [5.41, 5.74) is 8.64. The Hall–Kier alpha value is -3.46. The van der Waals surface area contributed by atoms with Gasteiger partial charge in [-0.15, -0.1) is 0 Å². The smallest absolute Gasteiger partial charge is 0.258 e. The summed E-state index contributed by atoms with van der Waals surface area (Å²) in [6.45, 7) is 1.61. The van der Waals surface area contributed by atoms with Crippen molar-refractivity contribution < 1.29 is 9.53 Å². The fourth-order valence-electron chi connectivity index (χ4n) is 2.93. The van der Waals surface area contributed by atoms with E-state index in [0.717, 1.165) is 26.5 Å². The van der Waals surface area contributed by atoms with Crippen LogP contribution in [0, 0.1) is 0 Å². The van der Waals surface area contributed by atoms with Gasteiger partial charge in [-0.3, -0.25) is 9.48 Å². The van der Waals surface area contributed by atoms with E-state index in [1.165, 1.54) is 0 Å². The zero-order valence-corrected chi connectivity index (χ0v) is 17.9. The SMILES string of the molecule is CC(Oc1cc(Nc2ncc3cc(Br)ccc3n2)cc(-c2cnn(C)c2)c1)C(N)=O. The number of nitrogens with two attached hydrogens (primary N) is 1. The predicted octanol–water partition coefficient (Wildman–Crippen LogP) is 3.79. The van der Waals surface area contributed by atoms with Crippen molar-refractivity contribution in [3.8, 4) is 16.9 Å². The van der Waals surface area contributed by atoms with Crippen LogP contribution in [-0.4, -0.2) is 31.8 Å². The van der Waals surface area contributed by atoms with Crippen LogP contribution < -0.4 is 15.8 Å². The van der Waals surface area contributed by atoms with Crippen LogP contribution in [0.3, 0.4) is 0 Å². The number of rotatable bonds is 6. The van der Waals surface area contributed by atoms with Gasteiger partial charge >= 0.3 is 0 Å². The molecule has 0 saturated carbocycles. The lowest BCUT2D eigenvalue weighted by atomic mass is 10.1. The molecule has 1 atom stereocenters. The number of carbonyl (C=O) groups excluding carboxylic acids is 1. The summed E-state index contributed by atoms with van der Waals surface area (Å²) in [6, 6.07) is 11.4. The maximum Gasteiger partial charge on any atom is 0.258 e. The second-order valence-corrected chi connectivity index (χ2v) is 7.75. The van der Waals surface area contributed by atoms with Crippen molar-refractivity contribution in [1.29, 1.82) is 0 Å². The lowest BCUT2D eigenvalue weighted by molar-refractivity contribution is -0.123. The number of hydrogen-bond donors (Lipinski definition) is 2. The van der Waals surface area contributed by atoms with Gasteiger partial charge in [0.25, 0.3) is 5.91 Å². The number of fused-ring (bicyclic) bond motifs is 1. The highest BCUT2D eigenvalue weighted by Crippen LogP contribution is 2.30. The van der Waals surface area contributed by atoms with E-state index in [9.17, 15) is 4.79 Å². The summed E-state index contributed by atoms with van der Waals surface area (Å²) in [7, 11) is 1.85. The van der Waals surface area contributed by atoms with Crippen LogP contribution in [0.5, 0.6) is 5.75 Å². The largest absolute Gasteiger partial charge is 0.481 e. The highest BCUT2D eigenvalue weighted by molar-refractivity contribution is 9.10. The minimum atomic E-state index is -0.766. The van der Waals surface area contributed by atoms with Gasteiger partial charge in [-0.25, -0.2) is 9.97 Å². The molecule has 0 aliphatic carbocycles. The zero-order valence-electron chi connectivity index (χ0n) is 16.3. The number of amides is 1. The number of ether oxygens (including phenoxy) is 1. The number of halogens is 1. The maximum absolute atomic E-state index is 11.4. The number of nitrogens with zero attached hydrogens (tertiary/aromatic N) is 4. The topological polar surface area (TPSA) is 108 Å². The number of aromatic nitrogens is 4. The molecule has 0 fully saturated rings. The number of carbonyl (C=O) groups is 1. The Kier molecular flexibility index (Phi) is 5.37. The molecule has 2 aromatic heterocycles. The van der Waals surface area contributed by atoms with Crippen molar-refractivity contribution in [2.75, 3.05) is 5.32 Å². The van der Waals surface area contributed by atoms with Gasteiger partial charge in [0.1, 0.15) is 5.75 Å². The number of hydrogen-bond acceptors (Lipinski definition) is 6. The van der Waals surface area contributed by atoms with Crippen LogP contribution in [-0.2, 0) is 11.8 Å². The third-order valence-electron chi connectivity index (χ3n) is 4.46. The average molecular weight is 467 g/mol. The molecule has 9 heteroatoms. The molecule has 0 radical (unpaired) electrons. The minimum absolute atomic E-state index is 0.446. The van der Waals surface area contributed by atoms with Gasteiger partial charge < -0.3 is 15.8 Å². The van der Waals surface area contributed by atoms with Crippen molar-refractivity contribution in [2.24, 2.45) is 12.8 Å². The molecule has 8 nitrogen and oxygen atoms in total. The van der Waals surface area contributed by atoms with Crippen molar-refractivity contribution >= 4 is 44.4 Å². The number of primary amides is 1. The molecular weight excluding hydrogens is 448 g/mol. The van der Waals surface area contributed by atoms with Crippen LogP contribution in [0.1, 0.15) is 6.92 Å². The van der Waals surface area contributed by atoms with Crippen molar-refractivity contribution in [2.45, 2.75) is 13.0 Å². The predicted molar refractivity (Wildman–Crippen MR) is 118 cm³/mol. The van der Waals surface area contributed by atoms with E-state index < -0.39 is 12.0 Å². The Bertz CT molecular complexity index is 1240. The first-order valence-electron chi connectivity index (χ1n) is 9.17. The molecule has 4 rings (SSSR count). The molecule has 0 spiro atoms. The Balaban J connectivity index is 1.70. The molecule has 1 unspecified atom stereocenters. The summed E-state index contributed by atoms with van der Waals surface area (Å²) < 4.78 is 8.40. The van der Waals surface area contributed by atoms with Crippen molar-refractivity contribution in [1.82, 2.24) is 19.7 Å². The molecule has 0 aliphatic rings. The molecule has 30 heavy (non-hydrogen) atoms. The molecule has 152 valence electrons. The quantitative estimate of drug-likeness (QED) is 0.447. The Labute approximate surface area is 181 Å². The van der Waals surface area contributed by atoms with Gasteiger partial charge in [-0.2, -0.15) is 5.10 Å². The van der Waals surface area contributed by atoms with Crippen LogP contribution >= 0.6 is 15.9 Å². The second kappa shape index (κ2) is 8.11. The minimum Gasteiger partial charge on any atom is -0.481 e. The van der Waals surface area contributed by atoms with E-state index in [1.54, 1.807) is 30.1 Å². The van der Waals surface area contributed by atoms with E-state index in [0.29, 0.717) is 17.4 Å². The molecule has 0 aliphatic heterocycles. The average Bonchev–Trinajstić information content (AvgIpc) is 3.14. The summed E-state index contributed by atoms with van der Waals surface area (Å²) >= 11 is 3.45. The molecule has 2 aromatic carbocycles. The molecule has 4 aromatic rings. The highest BCUT2D eigenvalue weighted by atomic mass is 79.9. The lowest BCUT2D eigenvalue weighted by Crippen LogP contribution is -2.30. The third-order valence-corrected chi connectivity index (χ3v) is 4.95. The standard InChI is InChI=1S/C21H19BrN6O2/c1-12(20(23)29)30-18-7-13(15-10-25-28(2)11-15)6-17(8-18)26-21-24-9-14-5-16(22)3-4-19(14)27-21/h3-12H,1-2H3,(H2,23,29)(H,24,26,27). The third kappa shape index (κ3) is 4.41. The first-order chi connectivity index (χ1) is 14.4. The molecule has 0 saturated heterocycles. The number of nitrogens with one attached hydrogen (secondary N) is 1. The zero-order chi connectivity index (χ0) is 21.3. The van der Waals surface area contributed by atoms with Crippen LogP contribution in [0.15, 0.2) is 59.5 Å². The van der Waals surface area contributed by atoms with E-state index in [1.807, 2.05) is 43.6 Å². The summed E-state index contributed by atoms with van der Waals surface area (Å²) in [6.07, 6.45) is 4.64. The molecule has 1 amide bonds. The summed E-state index contributed by atoms with van der Waals surface area (Å²) in [5.74, 6) is 0.400. The van der Waals surface area contributed by atoms with E-state index in [-0.39, 0.29) is 0 Å². The molecular formula is C21H19BrN6O2. The number of benzene rings is 2.